The number of halogens is 1. The van der Waals surface area contributed by atoms with E-state index in [1.54, 1.807) is 37.4 Å². The average Bonchev–Trinajstić information content (AvgIpc) is 2.71. The molecule has 0 aliphatic heterocycles. The summed E-state index contributed by atoms with van der Waals surface area (Å²) >= 11 is 5.99. The van der Waals surface area contributed by atoms with Crippen molar-refractivity contribution in [1.29, 1.82) is 0 Å². The van der Waals surface area contributed by atoms with Gasteiger partial charge in [-0.15, -0.1) is 0 Å². The average molecular weight is 385 g/mol. The fraction of sp³-hybridized carbons (Fsp3) is 0.273. The van der Waals surface area contributed by atoms with Gasteiger partial charge in [0.2, 0.25) is 5.91 Å². The lowest BCUT2D eigenvalue weighted by Crippen LogP contribution is -2.44. The SMILES string of the molecule is CCC(CC)(NC(=O)/C=C/c1ccc(C(=O)NC)cc1)c1ccc(Cl)cc1. The van der Waals surface area contributed by atoms with Gasteiger partial charge in [-0.3, -0.25) is 9.59 Å². The first-order valence-corrected chi connectivity index (χ1v) is 9.40. The van der Waals surface area contributed by atoms with Crippen LogP contribution in [0.2, 0.25) is 5.02 Å². The van der Waals surface area contributed by atoms with Crippen molar-refractivity contribution in [1.82, 2.24) is 10.6 Å². The van der Waals surface area contributed by atoms with Crippen LogP contribution >= 0.6 is 11.6 Å². The van der Waals surface area contributed by atoms with Crippen molar-refractivity contribution in [3.63, 3.8) is 0 Å². The highest BCUT2D eigenvalue weighted by molar-refractivity contribution is 6.30. The lowest BCUT2D eigenvalue weighted by molar-refractivity contribution is -0.118. The van der Waals surface area contributed by atoms with Crippen molar-refractivity contribution in [2.75, 3.05) is 7.05 Å². The third-order valence-electron chi connectivity index (χ3n) is 4.79. The Kier molecular flexibility index (Phi) is 7.19. The minimum absolute atomic E-state index is 0.137. The Labute approximate surface area is 165 Å². The third kappa shape index (κ3) is 5.20. The van der Waals surface area contributed by atoms with Crippen LogP contribution in [-0.2, 0) is 10.3 Å². The summed E-state index contributed by atoms with van der Waals surface area (Å²) in [6.07, 6.45) is 4.79. The normalized spacial score (nSPS) is 11.4. The van der Waals surface area contributed by atoms with Crippen LogP contribution < -0.4 is 10.6 Å². The largest absolute Gasteiger partial charge is 0.355 e. The van der Waals surface area contributed by atoms with Crippen LogP contribution in [0.1, 0.15) is 48.2 Å². The summed E-state index contributed by atoms with van der Waals surface area (Å²) < 4.78 is 0. The summed E-state index contributed by atoms with van der Waals surface area (Å²) in [5, 5.41) is 6.39. The van der Waals surface area contributed by atoms with Gasteiger partial charge in [0.1, 0.15) is 0 Å². The Morgan fingerprint density at radius 3 is 2.11 bits per heavy atom. The van der Waals surface area contributed by atoms with E-state index < -0.39 is 5.54 Å². The quantitative estimate of drug-likeness (QED) is 0.688. The molecule has 2 rings (SSSR count). The van der Waals surface area contributed by atoms with Crippen LogP contribution in [0.3, 0.4) is 0 Å². The number of rotatable bonds is 7. The van der Waals surface area contributed by atoms with Crippen LogP contribution in [0.4, 0.5) is 0 Å². The molecule has 27 heavy (non-hydrogen) atoms. The predicted molar refractivity (Wildman–Crippen MR) is 111 cm³/mol. The van der Waals surface area contributed by atoms with E-state index in [0.717, 1.165) is 24.0 Å². The fourth-order valence-corrected chi connectivity index (χ4v) is 3.14. The maximum Gasteiger partial charge on any atom is 0.251 e. The summed E-state index contributed by atoms with van der Waals surface area (Å²) in [5.74, 6) is -0.300. The molecule has 0 bridgehead atoms. The van der Waals surface area contributed by atoms with Crippen LogP contribution in [0.15, 0.2) is 54.6 Å². The predicted octanol–water partition coefficient (Wildman–Crippen LogP) is 4.54. The van der Waals surface area contributed by atoms with Crippen molar-refractivity contribution in [2.45, 2.75) is 32.2 Å². The molecule has 5 heteroatoms. The number of nitrogens with one attached hydrogen (secondary N) is 2. The first-order valence-electron chi connectivity index (χ1n) is 9.02. The molecule has 0 aliphatic carbocycles. The summed E-state index contributed by atoms with van der Waals surface area (Å²) in [6.45, 7) is 4.11. The molecule has 0 aromatic heterocycles. The van der Waals surface area contributed by atoms with E-state index >= 15 is 0 Å². The van der Waals surface area contributed by atoms with Gasteiger partial charge in [-0.2, -0.15) is 0 Å². The molecule has 0 unspecified atom stereocenters. The van der Waals surface area contributed by atoms with Gasteiger partial charge < -0.3 is 10.6 Å². The van der Waals surface area contributed by atoms with E-state index in [1.807, 2.05) is 24.3 Å². The molecular formula is C22H25ClN2O2. The Morgan fingerprint density at radius 2 is 1.59 bits per heavy atom. The van der Waals surface area contributed by atoms with Gasteiger partial charge >= 0.3 is 0 Å². The molecule has 0 spiro atoms. The lowest BCUT2D eigenvalue weighted by Gasteiger charge is -2.33. The van der Waals surface area contributed by atoms with Gasteiger partial charge in [-0.25, -0.2) is 0 Å². The molecule has 0 radical (unpaired) electrons. The molecule has 2 aromatic rings. The van der Waals surface area contributed by atoms with Gasteiger partial charge in [-0.05, 0) is 54.3 Å². The molecular weight excluding hydrogens is 360 g/mol. The minimum Gasteiger partial charge on any atom is -0.355 e. The van der Waals surface area contributed by atoms with Gasteiger partial charge in [-0.1, -0.05) is 49.7 Å². The number of hydrogen-bond donors (Lipinski definition) is 2. The van der Waals surface area contributed by atoms with E-state index in [4.69, 9.17) is 11.6 Å². The van der Waals surface area contributed by atoms with Crippen molar-refractivity contribution in [2.24, 2.45) is 0 Å². The number of carbonyl (C=O) groups excluding carboxylic acids is 2. The summed E-state index contributed by atoms with van der Waals surface area (Å²) in [6, 6.07) is 14.7. The minimum atomic E-state index is -0.435. The Bertz CT molecular complexity index is 807. The first-order chi connectivity index (χ1) is 12.9. The zero-order valence-electron chi connectivity index (χ0n) is 15.9. The molecule has 2 N–H and O–H groups in total. The summed E-state index contributed by atoms with van der Waals surface area (Å²) in [5.41, 5.74) is 2.03. The first kappa shape index (κ1) is 20.7. The highest BCUT2D eigenvalue weighted by Gasteiger charge is 2.29. The lowest BCUT2D eigenvalue weighted by atomic mass is 9.84. The van der Waals surface area contributed by atoms with E-state index in [1.165, 1.54) is 6.08 Å². The van der Waals surface area contributed by atoms with Crippen molar-refractivity contribution >= 4 is 29.5 Å². The second-order valence-corrected chi connectivity index (χ2v) is 6.76. The van der Waals surface area contributed by atoms with E-state index in [2.05, 4.69) is 24.5 Å². The van der Waals surface area contributed by atoms with Crippen molar-refractivity contribution in [3.05, 3.63) is 76.3 Å². The molecule has 0 saturated heterocycles. The summed E-state index contributed by atoms with van der Waals surface area (Å²) in [4.78, 5) is 24.1. The molecule has 2 amide bonds. The third-order valence-corrected chi connectivity index (χ3v) is 5.05. The molecule has 0 fully saturated rings. The fourth-order valence-electron chi connectivity index (χ4n) is 3.02. The molecule has 0 saturated carbocycles. The Morgan fingerprint density at radius 1 is 1.00 bits per heavy atom. The Balaban J connectivity index is 2.12. The maximum atomic E-state index is 12.5. The highest BCUT2D eigenvalue weighted by atomic mass is 35.5. The van der Waals surface area contributed by atoms with Gasteiger partial charge in [0, 0.05) is 23.7 Å². The topological polar surface area (TPSA) is 58.2 Å². The zero-order chi connectivity index (χ0) is 19.9. The molecule has 0 aliphatic rings. The van der Waals surface area contributed by atoms with Gasteiger partial charge in [0.25, 0.3) is 5.91 Å². The second kappa shape index (κ2) is 9.38. The van der Waals surface area contributed by atoms with E-state index in [9.17, 15) is 9.59 Å². The molecule has 0 atom stereocenters. The van der Waals surface area contributed by atoms with Gasteiger partial charge in [0.15, 0.2) is 0 Å². The number of amides is 2. The molecule has 0 heterocycles. The van der Waals surface area contributed by atoms with Gasteiger partial charge in [0.05, 0.1) is 5.54 Å². The number of carbonyl (C=O) groups is 2. The van der Waals surface area contributed by atoms with Crippen LogP contribution in [-0.4, -0.2) is 18.9 Å². The van der Waals surface area contributed by atoms with Crippen molar-refractivity contribution < 1.29 is 9.59 Å². The second-order valence-electron chi connectivity index (χ2n) is 6.32. The van der Waals surface area contributed by atoms with Crippen LogP contribution in [0, 0.1) is 0 Å². The van der Waals surface area contributed by atoms with Crippen molar-refractivity contribution in [3.8, 4) is 0 Å². The smallest absolute Gasteiger partial charge is 0.251 e. The number of hydrogen-bond acceptors (Lipinski definition) is 2. The highest BCUT2D eigenvalue weighted by Crippen LogP contribution is 2.29. The van der Waals surface area contributed by atoms with E-state index in [-0.39, 0.29) is 11.8 Å². The maximum absolute atomic E-state index is 12.5. The standard InChI is InChI=1S/C22H25ClN2O2/c1-4-22(5-2,18-11-13-19(23)14-12-18)25-20(26)15-8-16-6-9-17(10-7-16)21(27)24-3/h6-15H,4-5H2,1-3H3,(H,24,27)(H,25,26)/b15-8+. The Hall–Kier alpha value is -2.59. The van der Waals surface area contributed by atoms with Crippen LogP contribution in [0.25, 0.3) is 6.08 Å². The monoisotopic (exact) mass is 384 g/mol. The molecule has 142 valence electrons. The zero-order valence-corrected chi connectivity index (χ0v) is 16.6. The number of benzene rings is 2. The molecule has 2 aromatic carbocycles. The van der Waals surface area contributed by atoms with E-state index in [0.29, 0.717) is 10.6 Å². The molecule has 4 nitrogen and oxygen atoms in total. The van der Waals surface area contributed by atoms with Crippen LogP contribution in [0.5, 0.6) is 0 Å². The summed E-state index contributed by atoms with van der Waals surface area (Å²) in [7, 11) is 1.59.